The van der Waals surface area contributed by atoms with Crippen molar-refractivity contribution in [1.29, 1.82) is 0 Å². The van der Waals surface area contributed by atoms with E-state index in [-0.39, 0.29) is 6.61 Å². The molecule has 2 nitrogen and oxygen atoms in total. The van der Waals surface area contributed by atoms with Gasteiger partial charge in [0.1, 0.15) is 0 Å². The first kappa shape index (κ1) is 6.05. The minimum absolute atomic E-state index is 0.229. The minimum atomic E-state index is 0.229. The van der Waals surface area contributed by atoms with Crippen LogP contribution in [0, 0.1) is 12.3 Å². The average molecular weight is 114 g/mol. The summed E-state index contributed by atoms with van der Waals surface area (Å²) in [5, 5.41) is 11.7. The van der Waals surface area contributed by atoms with Gasteiger partial charge in [0.05, 0.1) is 0 Å². The smallest absolute Gasteiger partial charge is 0.0466 e. The van der Waals surface area contributed by atoms with Gasteiger partial charge in [0.15, 0.2) is 0 Å². The van der Waals surface area contributed by atoms with E-state index in [1.807, 2.05) is 6.42 Å². The number of rotatable bonds is 2. The van der Waals surface area contributed by atoms with Gasteiger partial charge in [0, 0.05) is 6.61 Å². The van der Waals surface area contributed by atoms with E-state index >= 15 is 0 Å². The normalized spacial score (nSPS) is 28.9. The van der Waals surface area contributed by atoms with Crippen molar-refractivity contribution in [2.24, 2.45) is 5.92 Å². The Kier molecular flexibility index (Phi) is 2.30. The zero-order valence-corrected chi connectivity index (χ0v) is 4.93. The molecule has 1 rings (SSSR count). The van der Waals surface area contributed by atoms with Crippen LogP contribution in [0.2, 0.25) is 0 Å². The van der Waals surface area contributed by atoms with Crippen molar-refractivity contribution in [1.82, 2.24) is 5.32 Å². The molecule has 0 aromatic carbocycles. The summed E-state index contributed by atoms with van der Waals surface area (Å²) in [6, 6.07) is 0. The highest BCUT2D eigenvalue weighted by molar-refractivity contribution is 4.82. The predicted octanol–water partition coefficient (Wildman–Crippen LogP) is -0.208. The molecule has 1 fully saturated rings. The maximum atomic E-state index is 8.44. The standard InChI is InChI=1S/C6H12NO/c8-4-2-6-1-3-7-5-6/h2,6-8H,1,3-5H2. The summed E-state index contributed by atoms with van der Waals surface area (Å²) in [5.74, 6) is 0.625. The molecule has 1 unspecified atom stereocenters. The monoisotopic (exact) mass is 114 g/mol. The lowest BCUT2D eigenvalue weighted by atomic mass is 10.1. The first-order valence-corrected chi connectivity index (χ1v) is 3.08. The van der Waals surface area contributed by atoms with Crippen molar-refractivity contribution in [3.8, 4) is 0 Å². The molecular formula is C6H12NO. The Morgan fingerprint density at radius 2 is 2.62 bits per heavy atom. The molecule has 1 saturated heterocycles. The molecule has 0 aromatic rings. The zero-order chi connectivity index (χ0) is 5.82. The number of hydrogen-bond acceptors (Lipinski definition) is 2. The van der Waals surface area contributed by atoms with Crippen molar-refractivity contribution in [2.75, 3.05) is 19.7 Å². The fraction of sp³-hybridized carbons (Fsp3) is 0.833. The Bertz CT molecular complexity index is 59.5. The minimum Gasteiger partial charge on any atom is -0.396 e. The van der Waals surface area contributed by atoms with Crippen LogP contribution in [0.1, 0.15) is 6.42 Å². The molecule has 1 aliphatic rings. The Morgan fingerprint density at radius 1 is 1.75 bits per heavy atom. The highest BCUT2D eigenvalue weighted by Crippen LogP contribution is 2.09. The average Bonchev–Trinajstić information content (AvgIpc) is 2.19. The largest absolute Gasteiger partial charge is 0.396 e. The van der Waals surface area contributed by atoms with E-state index in [0.717, 1.165) is 13.1 Å². The van der Waals surface area contributed by atoms with Crippen LogP contribution in [-0.2, 0) is 0 Å². The highest BCUT2D eigenvalue weighted by Gasteiger charge is 2.12. The van der Waals surface area contributed by atoms with Crippen molar-refractivity contribution < 1.29 is 5.11 Å². The lowest BCUT2D eigenvalue weighted by molar-refractivity contribution is 0.312. The number of hydrogen-bond donors (Lipinski definition) is 2. The van der Waals surface area contributed by atoms with Crippen molar-refractivity contribution >= 4 is 0 Å². The van der Waals surface area contributed by atoms with Crippen LogP contribution in [0.3, 0.4) is 0 Å². The van der Waals surface area contributed by atoms with Gasteiger partial charge < -0.3 is 10.4 Å². The van der Waals surface area contributed by atoms with E-state index < -0.39 is 0 Å². The third-order valence-corrected chi connectivity index (χ3v) is 1.54. The van der Waals surface area contributed by atoms with Gasteiger partial charge in [0.2, 0.25) is 0 Å². The van der Waals surface area contributed by atoms with E-state index in [9.17, 15) is 0 Å². The molecule has 47 valence electrons. The molecule has 1 radical (unpaired) electrons. The summed E-state index contributed by atoms with van der Waals surface area (Å²) in [6.45, 7) is 2.40. The summed E-state index contributed by atoms with van der Waals surface area (Å²) >= 11 is 0. The van der Waals surface area contributed by atoms with Gasteiger partial charge in [-0.3, -0.25) is 0 Å². The van der Waals surface area contributed by atoms with Gasteiger partial charge >= 0.3 is 0 Å². The topological polar surface area (TPSA) is 32.3 Å². The number of aliphatic hydroxyl groups excluding tert-OH is 1. The van der Waals surface area contributed by atoms with Crippen LogP contribution < -0.4 is 5.32 Å². The van der Waals surface area contributed by atoms with Gasteiger partial charge in [-0.05, 0) is 31.8 Å². The Morgan fingerprint density at radius 3 is 3.12 bits per heavy atom. The van der Waals surface area contributed by atoms with Gasteiger partial charge in [-0.1, -0.05) is 0 Å². The molecule has 0 aromatic heterocycles. The van der Waals surface area contributed by atoms with Crippen molar-refractivity contribution in [2.45, 2.75) is 6.42 Å². The summed E-state index contributed by atoms with van der Waals surface area (Å²) in [5.41, 5.74) is 0. The second-order valence-electron chi connectivity index (χ2n) is 2.17. The molecule has 1 aliphatic heterocycles. The molecule has 2 N–H and O–H groups in total. The lowest BCUT2D eigenvalue weighted by Gasteiger charge is -2.01. The molecule has 1 heterocycles. The second kappa shape index (κ2) is 3.05. The SMILES string of the molecule is OC[CH]C1CCNC1. The van der Waals surface area contributed by atoms with Crippen molar-refractivity contribution in [3.05, 3.63) is 6.42 Å². The van der Waals surface area contributed by atoms with Crippen molar-refractivity contribution in [3.63, 3.8) is 0 Å². The van der Waals surface area contributed by atoms with Crippen LogP contribution in [0.5, 0.6) is 0 Å². The van der Waals surface area contributed by atoms with Crippen LogP contribution >= 0.6 is 0 Å². The summed E-state index contributed by atoms with van der Waals surface area (Å²) < 4.78 is 0. The second-order valence-corrected chi connectivity index (χ2v) is 2.17. The molecule has 0 aliphatic carbocycles. The number of nitrogens with one attached hydrogen (secondary N) is 1. The molecule has 8 heavy (non-hydrogen) atoms. The first-order chi connectivity index (χ1) is 3.93. The van der Waals surface area contributed by atoms with Crippen LogP contribution in [0.4, 0.5) is 0 Å². The van der Waals surface area contributed by atoms with Crippen LogP contribution in [0.15, 0.2) is 0 Å². The first-order valence-electron chi connectivity index (χ1n) is 3.08. The van der Waals surface area contributed by atoms with E-state index in [0.29, 0.717) is 5.92 Å². The molecule has 0 saturated carbocycles. The van der Waals surface area contributed by atoms with Gasteiger partial charge in [0.25, 0.3) is 0 Å². The Hall–Kier alpha value is -0.0800. The summed E-state index contributed by atoms with van der Waals surface area (Å²) in [6.07, 6.45) is 3.15. The van der Waals surface area contributed by atoms with Gasteiger partial charge in [-0.15, -0.1) is 0 Å². The molecule has 0 bridgehead atoms. The van der Waals surface area contributed by atoms with E-state index in [2.05, 4.69) is 5.32 Å². The molecule has 2 heteroatoms. The summed E-state index contributed by atoms with van der Waals surface area (Å²) in [7, 11) is 0. The van der Waals surface area contributed by atoms with E-state index in [4.69, 9.17) is 5.11 Å². The Balaban J connectivity index is 2.06. The fourth-order valence-electron chi connectivity index (χ4n) is 1.03. The molecule has 1 atom stereocenters. The maximum absolute atomic E-state index is 8.44. The van der Waals surface area contributed by atoms with Crippen LogP contribution in [0.25, 0.3) is 0 Å². The zero-order valence-electron chi connectivity index (χ0n) is 4.93. The van der Waals surface area contributed by atoms with E-state index in [1.54, 1.807) is 0 Å². The third-order valence-electron chi connectivity index (χ3n) is 1.54. The quantitative estimate of drug-likeness (QED) is 0.520. The number of aliphatic hydroxyl groups is 1. The van der Waals surface area contributed by atoms with E-state index in [1.165, 1.54) is 6.42 Å². The Labute approximate surface area is 49.9 Å². The van der Waals surface area contributed by atoms with Gasteiger partial charge in [-0.2, -0.15) is 0 Å². The molecular weight excluding hydrogens is 102 g/mol. The third kappa shape index (κ3) is 1.46. The predicted molar refractivity (Wildman–Crippen MR) is 32.4 cm³/mol. The maximum Gasteiger partial charge on any atom is 0.0466 e. The summed E-state index contributed by atoms with van der Waals surface area (Å²) in [4.78, 5) is 0. The fourth-order valence-corrected chi connectivity index (χ4v) is 1.03. The van der Waals surface area contributed by atoms with Gasteiger partial charge in [-0.25, -0.2) is 0 Å². The van der Waals surface area contributed by atoms with Crippen LogP contribution in [-0.4, -0.2) is 24.8 Å². The lowest BCUT2D eigenvalue weighted by Crippen LogP contribution is -2.10. The molecule has 0 amide bonds. The molecule has 0 spiro atoms. The highest BCUT2D eigenvalue weighted by atomic mass is 16.3.